The highest BCUT2D eigenvalue weighted by Crippen LogP contribution is 2.36. The monoisotopic (exact) mass is 542 g/mol. The fraction of sp³-hybridized carbons (Fsp3) is 0.333. The number of amides is 2. The first-order valence-corrected chi connectivity index (χ1v) is 13.7. The van der Waals surface area contributed by atoms with Crippen LogP contribution < -0.4 is 10.1 Å². The lowest BCUT2D eigenvalue weighted by Gasteiger charge is -2.37. The van der Waals surface area contributed by atoms with E-state index < -0.39 is 34.0 Å². The van der Waals surface area contributed by atoms with Crippen LogP contribution in [0.15, 0.2) is 71.9 Å². The van der Waals surface area contributed by atoms with Crippen LogP contribution in [0.3, 0.4) is 0 Å². The molecule has 1 aliphatic rings. The van der Waals surface area contributed by atoms with Gasteiger partial charge in [0.25, 0.3) is 0 Å². The second kappa shape index (κ2) is 11.5. The molecule has 0 aliphatic carbocycles. The minimum atomic E-state index is -3.99. The molecule has 2 amide bonds. The third-order valence-electron chi connectivity index (χ3n) is 6.58. The van der Waals surface area contributed by atoms with Gasteiger partial charge in [0.2, 0.25) is 10.0 Å². The van der Waals surface area contributed by atoms with Crippen molar-refractivity contribution in [3.05, 3.63) is 72.8 Å². The number of benzene rings is 2. The van der Waals surface area contributed by atoms with Gasteiger partial charge in [-0.15, -0.1) is 0 Å². The van der Waals surface area contributed by atoms with Gasteiger partial charge in [0, 0.05) is 43.6 Å². The zero-order valence-electron chi connectivity index (χ0n) is 21.4. The number of pyridine rings is 1. The van der Waals surface area contributed by atoms with Gasteiger partial charge in [0.1, 0.15) is 22.6 Å². The minimum absolute atomic E-state index is 0.00840. The fourth-order valence-corrected chi connectivity index (χ4v) is 6.10. The van der Waals surface area contributed by atoms with Crippen molar-refractivity contribution in [2.24, 2.45) is 5.92 Å². The van der Waals surface area contributed by atoms with Crippen LogP contribution in [0.1, 0.15) is 13.8 Å². The number of fused-ring (bicyclic) bond motifs is 1. The summed E-state index contributed by atoms with van der Waals surface area (Å²) < 4.78 is 48.2. The number of anilines is 1. The van der Waals surface area contributed by atoms with Crippen LogP contribution in [0, 0.1) is 11.7 Å². The summed E-state index contributed by atoms with van der Waals surface area (Å²) in [5.41, 5.74) is 2.03. The summed E-state index contributed by atoms with van der Waals surface area (Å²) in [7, 11) is -2.38. The van der Waals surface area contributed by atoms with Crippen molar-refractivity contribution in [2.45, 2.75) is 30.9 Å². The molecule has 0 bridgehead atoms. The first kappa shape index (κ1) is 27.5. The zero-order chi connectivity index (χ0) is 27.4. The van der Waals surface area contributed by atoms with Gasteiger partial charge in [-0.2, -0.15) is 4.31 Å². The molecule has 0 radical (unpaired) electrons. The number of ether oxygens (including phenoxy) is 1. The number of carbonyl (C=O) groups excluding carboxylic acids is 1. The molecule has 0 saturated carbocycles. The lowest BCUT2D eigenvalue weighted by Crippen LogP contribution is -2.50. The number of likely N-dealkylation sites (N-methyl/N-ethyl adjacent to an activating group) is 1. The SMILES string of the molecule is C[C@@H]1CN([C@H](C)CO)S(=O)(=O)c2ccc(-c3ccncc3)cc2O[C@@H]1CN(C)C(=O)Nc1ccc(F)cc1. The summed E-state index contributed by atoms with van der Waals surface area (Å²) in [5.74, 6) is -0.578. The predicted octanol–water partition coefficient (Wildman–Crippen LogP) is 3.82. The van der Waals surface area contributed by atoms with Crippen molar-refractivity contribution in [1.29, 1.82) is 0 Å². The molecule has 0 fully saturated rings. The number of carbonyl (C=O) groups is 1. The predicted molar refractivity (Wildman–Crippen MR) is 142 cm³/mol. The molecule has 3 atom stereocenters. The lowest BCUT2D eigenvalue weighted by molar-refractivity contribution is 0.0830. The molecule has 4 rings (SSSR count). The standard InChI is InChI=1S/C27H31FN4O5S/c1-18-15-32(19(2)17-33)38(35,36)26-9-4-21(20-10-12-29-13-11-20)14-24(26)37-25(18)16-31(3)27(34)30-23-7-5-22(28)6-8-23/h4-14,18-19,25,33H,15-17H2,1-3H3,(H,30,34)/t18-,19-,25-/m1/s1. The molecule has 0 spiro atoms. The molecule has 0 saturated heterocycles. The van der Waals surface area contributed by atoms with E-state index in [1.807, 2.05) is 19.1 Å². The Hall–Kier alpha value is -3.54. The van der Waals surface area contributed by atoms with Crippen molar-refractivity contribution in [3.63, 3.8) is 0 Å². The average Bonchev–Trinajstić information content (AvgIpc) is 2.91. The Kier molecular flexibility index (Phi) is 8.29. The summed E-state index contributed by atoms with van der Waals surface area (Å²) in [4.78, 5) is 18.3. The maximum absolute atomic E-state index is 13.7. The smallest absolute Gasteiger partial charge is 0.321 e. The van der Waals surface area contributed by atoms with Gasteiger partial charge in [-0.3, -0.25) is 4.98 Å². The fourth-order valence-electron chi connectivity index (χ4n) is 4.27. The van der Waals surface area contributed by atoms with E-state index in [2.05, 4.69) is 10.3 Å². The van der Waals surface area contributed by atoms with Gasteiger partial charge in [-0.1, -0.05) is 13.0 Å². The van der Waals surface area contributed by atoms with Gasteiger partial charge in [0.05, 0.1) is 13.2 Å². The molecule has 3 aromatic rings. The Bertz CT molecular complexity index is 1370. The Morgan fingerprint density at radius 2 is 1.87 bits per heavy atom. The van der Waals surface area contributed by atoms with E-state index in [0.717, 1.165) is 11.1 Å². The first-order valence-electron chi connectivity index (χ1n) is 12.2. The molecule has 2 aromatic carbocycles. The Balaban J connectivity index is 1.67. The molecular formula is C27H31FN4O5S. The Labute approximate surface area is 221 Å². The van der Waals surface area contributed by atoms with Crippen LogP contribution in [0.4, 0.5) is 14.9 Å². The van der Waals surface area contributed by atoms with Crippen molar-refractivity contribution in [1.82, 2.24) is 14.2 Å². The maximum Gasteiger partial charge on any atom is 0.321 e. The van der Waals surface area contributed by atoms with Gasteiger partial charge >= 0.3 is 6.03 Å². The number of nitrogens with zero attached hydrogens (tertiary/aromatic N) is 3. The number of hydrogen-bond donors (Lipinski definition) is 2. The quantitative estimate of drug-likeness (QED) is 0.490. The summed E-state index contributed by atoms with van der Waals surface area (Å²) in [6.07, 6.45) is 2.72. The van der Waals surface area contributed by atoms with Crippen molar-refractivity contribution >= 4 is 21.7 Å². The summed E-state index contributed by atoms with van der Waals surface area (Å²) in [6, 6.07) is 12.9. The molecular weight excluding hydrogens is 511 g/mol. The number of hydrogen-bond acceptors (Lipinski definition) is 6. The van der Waals surface area contributed by atoms with Crippen molar-refractivity contribution in [3.8, 4) is 16.9 Å². The van der Waals surface area contributed by atoms with Gasteiger partial charge in [-0.25, -0.2) is 17.6 Å². The Morgan fingerprint density at radius 1 is 1.18 bits per heavy atom. The van der Waals surface area contributed by atoms with Crippen LogP contribution in [0.2, 0.25) is 0 Å². The van der Waals surface area contributed by atoms with Crippen molar-refractivity contribution in [2.75, 3.05) is 32.1 Å². The summed E-state index contributed by atoms with van der Waals surface area (Å²) >= 11 is 0. The van der Waals surface area contributed by atoms with Gasteiger partial charge < -0.3 is 20.1 Å². The van der Waals surface area contributed by atoms with E-state index in [1.54, 1.807) is 38.5 Å². The molecule has 11 heteroatoms. The number of nitrogens with one attached hydrogen (secondary N) is 1. The zero-order valence-corrected chi connectivity index (χ0v) is 22.2. The van der Waals surface area contributed by atoms with E-state index in [1.165, 1.54) is 39.5 Å². The highest BCUT2D eigenvalue weighted by atomic mass is 32.2. The van der Waals surface area contributed by atoms with E-state index in [0.29, 0.717) is 5.69 Å². The lowest BCUT2D eigenvalue weighted by atomic mass is 10.0. The molecule has 0 unspecified atom stereocenters. The number of aromatic nitrogens is 1. The van der Waals surface area contributed by atoms with Crippen molar-refractivity contribution < 1.29 is 27.4 Å². The van der Waals surface area contributed by atoms with Gasteiger partial charge in [0.15, 0.2) is 0 Å². The van der Waals surface area contributed by atoms with E-state index >= 15 is 0 Å². The molecule has 9 nitrogen and oxygen atoms in total. The van der Waals surface area contributed by atoms with Crippen LogP contribution in [-0.2, 0) is 10.0 Å². The summed E-state index contributed by atoms with van der Waals surface area (Å²) in [5, 5.41) is 12.5. The third kappa shape index (κ3) is 5.95. The molecule has 202 valence electrons. The molecule has 1 aromatic heterocycles. The molecule has 2 heterocycles. The number of aliphatic hydroxyl groups is 1. The second-order valence-corrected chi connectivity index (χ2v) is 11.3. The number of rotatable bonds is 6. The average molecular weight is 543 g/mol. The normalized spacial score (nSPS) is 19.8. The van der Waals surface area contributed by atoms with Crippen LogP contribution in [0.25, 0.3) is 11.1 Å². The van der Waals surface area contributed by atoms with Crippen LogP contribution >= 0.6 is 0 Å². The van der Waals surface area contributed by atoms with E-state index in [4.69, 9.17) is 4.74 Å². The molecule has 2 N–H and O–H groups in total. The largest absolute Gasteiger partial charge is 0.487 e. The summed E-state index contributed by atoms with van der Waals surface area (Å²) in [6.45, 7) is 3.39. The van der Waals surface area contributed by atoms with Gasteiger partial charge in [-0.05, 0) is 66.6 Å². The second-order valence-electron chi connectivity index (χ2n) is 9.45. The topological polar surface area (TPSA) is 112 Å². The maximum atomic E-state index is 13.7. The molecule has 1 aliphatic heterocycles. The third-order valence-corrected chi connectivity index (χ3v) is 8.60. The number of aliphatic hydroxyl groups excluding tert-OH is 1. The minimum Gasteiger partial charge on any atom is -0.487 e. The highest BCUT2D eigenvalue weighted by molar-refractivity contribution is 7.89. The molecule has 38 heavy (non-hydrogen) atoms. The Morgan fingerprint density at radius 3 is 2.53 bits per heavy atom. The highest BCUT2D eigenvalue weighted by Gasteiger charge is 2.38. The van der Waals surface area contributed by atoms with Crippen LogP contribution in [-0.4, -0.2) is 72.6 Å². The number of urea groups is 1. The van der Waals surface area contributed by atoms with Crippen LogP contribution in [0.5, 0.6) is 5.75 Å². The number of sulfonamides is 1. The number of halogens is 1. The first-order chi connectivity index (χ1) is 18.1. The van der Waals surface area contributed by atoms with E-state index in [9.17, 15) is 22.7 Å². The van der Waals surface area contributed by atoms with E-state index in [-0.39, 0.29) is 36.3 Å².